The fourth-order valence-corrected chi connectivity index (χ4v) is 1.64. The van der Waals surface area contributed by atoms with Crippen molar-refractivity contribution < 1.29 is 9.21 Å². The minimum absolute atomic E-state index is 0.0512. The average molecular weight is 274 g/mol. The molecule has 0 aliphatic rings. The highest BCUT2D eigenvalue weighted by molar-refractivity contribution is 9.09. The highest BCUT2D eigenvalue weighted by Gasteiger charge is 2.15. The Morgan fingerprint density at radius 3 is 2.80 bits per heavy atom. The van der Waals surface area contributed by atoms with Gasteiger partial charge >= 0.3 is 0 Å². The van der Waals surface area contributed by atoms with Gasteiger partial charge in [0, 0.05) is 18.4 Å². The monoisotopic (exact) mass is 273 g/mol. The lowest BCUT2D eigenvalue weighted by Crippen LogP contribution is -2.31. The first-order chi connectivity index (χ1) is 7.19. The van der Waals surface area contributed by atoms with Crippen LogP contribution in [0.25, 0.3) is 0 Å². The molecular formula is C11H16BrNO2. The van der Waals surface area contributed by atoms with Crippen LogP contribution in [-0.4, -0.2) is 29.2 Å². The fraction of sp³-hybridized carbons (Fsp3) is 0.545. The van der Waals surface area contributed by atoms with E-state index in [0.717, 1.165) is 30.6 Å². The summed E-state index contributed by atoms with van der Waals surface area (Å²) in [4.78, 5) is 13.8. The van der Waals surface area contributed by atoms with E-state index in [2.05, 4.69) is 15.9 Å². The van der Waals surface area contributed by atoms with E-state index in [1.807, 2.05) is 18.7 Å². The third-order valence-electron chi connectivity index (χ3n) is 2.21. The van der Waals surface area contributed by atoms with Gasteiger partial charge in [-0.15, -0.1) is 0 Å². The van der Waals surface area contributed by atoms with Crippen molar-refractivity contribution in [2.24, 2.45) is 0 Å². The van der Waals surface area contributed by atoms with Gasteiger partial charge in [0.25, 0.3) is 5.91 Å². The number of halogens is 1. The molecule has 0 radical (unpaired) electrons. The number of aryl methyl sites for hydroxylation is 1. The smallest absolute Gasteiger partial charge is 0.257 e. The van der Waals surface area contributed by atoms with Gasteiger partial charge in [-0.25, -0.2) is 0 Å². The van der Waals surface area contributed by atoms with Crippen molar-refractivity contribution in [3.8, 4) is 0 Å². The van der Waals surface area contributed by atoms with Gasteiger partial charge in [-0.3, -0.25) is 4.79 Å². The maximum atomic E-state index is 11.9. The molecule has 0 saturated carbocycles. The minimum Gasteiger partial charge on any atom is -0.469 e. The molecule has 0 N–H and O–H groups in total. The van der Waals surface area contributed by atoms with E-state index < -0.39 is 0 Å². The quantitative estimate of drug-likeness (QED) is 0.773. The van der Waals surface area contributed by atoms with Crippen molar-refractivity contribution in [1.82, 2.24) is 4.90 Å². The normalized spacial score (nSPS) is 10.3. The Kier molecular flexibility index (Phi) is 4.88. The molecule has 84 valence electrons. The third-order valence-corrected chi connectivity index (χ3v) is 2.77. The van der Waals surface area contributed by atoms with Crippen LogP contribution in [0.4, 0.5) is 0 Å². The molecule has 1 aromatic rings. The topological polar surface area (TPSA) is 33.5 Å². The maximum absolute atomic E-state index is 11.9. The summed E-state index contributed by atoms with van der Waals surface area (Å²) < 4.78 is 5.13. The molecule has 0 aliphatic carbocycles. The first-order valence-corrected chi connectivity index (χ1v) is 6.21. The summed E-state index contributed by atoms with van der Waals surface area (Å²) in [6, 6.07) is 1.78. The highest BCUT2D eigenvalue weighted by Crippen LogP contribution is 2.10. The number of furan rings is 1. The largest absolute Gasteiger partial charge is 0.469 e. The molecule has 15 heavy (non-hydrogen) atoms. The Morgan fingerprint density at radius 1 is 1.60 bits per heavy atom. The van der Waals surface area contributed by atoms with Crippen LogP contribution in [0.1, 0.15) is 29.5 Å². The SMILES string of the molecule is CCN(CCCBr)C(=O)c1coc(C)c1. The summed E-state index contributed by atoms with van der Waals surface area (Å²) >= 11 is 3.36. The Bertz CT molecular complexity index is 322. The summed E-state index contributed by atoms with van der Waals surface area (Å²) in [5.74, 6) is 0.824. The second-order valence-electron chi connectivity index (χ2n) is 3.37. The summed E-state index contributed by atoms with van der Waals surface area (Å²) in [6.07, 6.45) is 2.49. The zero-order valence-electron chi connectivity index (χ0n) is 9.12. The Hall–Kier alpha value is -0.770. The molecule has 1 amide bonds. The van der Waals surface area contributed by atoms with E-state index in [1.54, 1.807) is 6.07 Å². The van der Waals surface area contributed by atoms with E-state index in [1.165, 1.54) is 6.26 Å². The lowest BCUT2D eigenvalue weighted by Gasteiger charge is -2.19. The first kappa shape index (κ1) is 12.3. The van der Waals surface area contributed by atoms with Crippen LogP contribution < -0.4 is 0 Å². The first-order valence-electron chi connectivity index (χ1n) is 5.09. The van der Waals surface area contributed by atoms with Crippen LogP contribution in [0.5, 0.6) is 0 Å². The van der Waals surface area contributed by atoms with Crippen molar-refractivity contribution >= 4 is 21.8 Å². The Balaban J connectivity index is 2.64. The van der Waals surface area contributed by atoms with Gasteiger partial charge in [0.15, 0.2) is 0 Å². The molecule has 1 aromatic heterocycles. The molecule has 0 atom stereocenters. The van der Waals surface area contributed by atoms with Crippen molar-refractivity contribution in [1.29, 1.82) is 0 Å². The van der Waals surface area contributed by atoms with Gasteiger partial charge in [-0.05, 0) is 26.3 Å². The van der Waals surface area contributed by atoms with Crippen LogP contribution in [0.3, 0.4) is 0 Å². The Morgan fingerprint density at radius 2 is 2.33 bits per heavy atom. The van der Waals surface area contributed by atoms with Crippen molar-refractivity contribution in [2.75, 3.05) is 18.4 Å². The highest BCUT2D eigenvalue weighted by atomic mass is 79.9. The number of hydrogen-bond acceptors (Lipinski definition) is 2. The fourth-order valence-electron chi connectivity index (χ4n) is 1.39. The molecule has 0 fully saturated rings. The van der Waals surface area contributed by atoms with Crippen molar-refractivity contribution in [3.05, 3.63) is 23.7 Å². The lowest BCUT2D eigenvalue weighted by atomic mass is 10.2. The predicted molar refractivity (Wildman–Crippen MR) is 63.4 cm³/mol. The van der Waals surface area contributed by atoms with Crippen LogP contribution in [0.15, 0.2) is 16.7 Å². The summed E-state index contributed by atoms with van der Waals surface area (Å²) in [6.45, 7) is 5.34. The van der Waals surface area contributed by atoms with E-state index >= 15 is 0 Å². The maximum Gasteiger partial charge on any atom is 0.257 e. The van der Waals surface area contributed by atoms with Gasteiger partial charge in [0.1, 0.15) is 12.0 Å². The van der Waals surface area contributed by atoms with Gasteiger partial charge in [-0.1, -0.05) is 15.9 Å². The number of nitrogens with zero attached hydrogens (tertiary/aromatic N) is 1. The lowest BCUT2D eigenvalue weighted by molar-refractivity contribution is 0.0764. The number of rotatable bonds is 5. The molecular weight excluding hydrogens is 258 g/mol. The van der Waals surface area contributed by atoms with E-state index in [0.29, 0.717) is 5.56 Å². The zero-order chi connectivity index (χ0) is 11.3. The second kappa shape index (κ2) is 5.95. The zero-order valence-corrected chi connectivity index (χ0v) is 10.7. The van der Waals surface area contributed by atoms with Crippen LogP contribution in [0, 0.1) is 6.92 Å². The average Bonchev–Trinajstić information content (AvgIpc) is 2.65. The van der Waals surface area contributed by atoms with Gasteiger partial charge in [0.2, 0.25) is 0 Å². The van der Waals surface area contributed by atoms with Crippen molar-refractivity contribution in [3.63, 3.8) is 0 Å². The van der Waals surface area contributed by atoms with E-state index in [9.17, 15) is 4.79 Å². The number of amides is 1. The minimum atomic E-state index is 0.0512. The number of hydrogen-bond donors (Lipinski definition) is 0. The van der Waals surface area contributed by atoms with Gasteiger partial charge in [-0.2, -0.15) is 0 Å². The molecule has 1 heterocycles. The summed E-state index contributed by atoms with van der Waals surface area (Å²) in [5.41, 5.74) is 0.643. The second-order valence-corrected chi connectivity index (χ2v) is 4.17. The van der Waals surface area contributed by atoms with Gasteiger partial charge < -0.3 is 9.32 Å². The summed E-state index contributed by atoms with van der Waals surface area (Å²) in [7, 11) is 0. The molecule has 1 rings (SSSR count). The van der Waals surface area contributed by atoms with E-state index in [-0.39, 0.29) is 5.91 Å². The number of alkyl halides is 1. The molecule has 4 heteroatoms. The predicted octanol–water partition coefficient (Wildman–Crippen LogP) is 2.84. The van der Waals surface area contributed by atoms with Crippen molar-refractivity contribution in [2.45, 2.75) is 20.3 Å². The van der Waals surface area contributed by atoms with Crippen LogP contribution in [-0.2, 0) is 0 Å². The Labute approximate surface area is 98.6 Å². The number of carbonyl (C=O) groups excluding carboxylic acids is 1. The molecule has 0 bridgehead atoms. The van der Waals surface area contributed by atoms with Gasteiger partial charge in [0.05, 0.1) is 5.56 Å². The molecule has 0 aliphatic heterocycles. The standard InChI is InChI=1S/C11H16BrNO2/c1-3-13(6-4-5-12)11(14)10-7-9(2)15-8-10/h7-8H,3-6H2,1-2H3. The summed E-state index contributed by atoms with van der Waals surface area (Å²) in [5, 5.41) is 0.918. The molecule has 0 spiro atoms. The van der Waals surface area contributed by atoms with Crippen LogP contribution in [0.2, 0.25) is 0 Å². The number of carbonyl (C=O) groups is 1. The molecule has 0 aromatic carbocycles. The van der Waals surface area contributed by atoms with Crippen LogP contribution >= 0.6 is 15.9 Å². The third kappa shape index (κ3) is 3.38. The molecule has 3 nitrogen and oxygen atoms in total. The molecule has 0 unspecified atom stereocenters. The molecule has 0 saturated heterocycles. The van der Waals surface area contributed by atoms with E-state index in [4.69, 9.17) is 4.42 Å².